The number of rotatable bonds is 2. The molecule has 1 aromatic carbocycles. The SMILES string of the molecule is Cc1cccc2c(C(O)CN)cn(C)c12. The molecule has 3 N–H and O–H groups in total. The van der Waals surface area contributed by atoms with Crippen LogP contribution in [0.4, 0.5) is 0 Å². The van der Waals surface area contributed by atoms with E-state index in [-0.39, 0.29) is 6.54 Å². The van der Waals surface area contributed by atoms with E-state index in [2.05, 4.69) is 13.0 Å². The summed E-state index contributed by atoms with van der Waals surface area (Å²) in [6, 6.07) is 6.10. The number of benzene rings is 1. The molecule has 1 unspecified atom stereocenters. The highest BCUT2D eigenvalue weighted by Crippen LogP contribution is 2.27. The van der Waals surface area contributed by atoms with E-state index in [4.69, 9.17) is 5.73 Å². The molecule has 0 bridgehead atoms. The number of aliphatic hydroxyl groups is 1. The van der Waals surface area contributed by atoms with E-state index in [1.807, 2.05) is 29.9 Å². The van der Waals surface area contributed by atoms with Crippen molar-refractivity contribution in [1.82, 2.24) is 4.57 Å². The number of aryl methyl sites for hydroxylation is 2. The van der Waals surface area contributed by atoms with Gasteiger partial charge in [-0.2, -0.15) is 0 Å². The fourth-order valence-electron chi connectivity index (χ4n) is 2.10. The molecular formula is C12H16N2O. The summed E-state index contributed by atoms with van der Waals surface area (Å²) < 4.78 is 2.04. The van der Waals surface area contributed by atoms with Gasteiger partial charge in [-0.25, -0.2) is 0 Å². The van der Waals surface area contributed by atoms with E-state index in [0.717, 1.165) is 10.9 Å². The molecule has 80 valence electrons. The van der Waals surface area contributed by atoms with E-state index < -0.39 is 6.10 Å². The van der Waals surface area contributed by atoms with Crippen molar-refractivity contribution >= 4 is 10.9 Å². The quantitative estimate of drug-likeness (QED) is 0.778. The summed E-state index contributed by atoms with van der Waals surface area (Å²) >= 11 is 0. The van der Waals surface area contributed by atoms with Crippen LogP contribution in [0.5, 0.6) is 0 Å². The summed E-state index contributed by atoms with van der Waals surface area (Å²) in [7, 11) is 1.99. The number of para-hydroxylation sites is 1. The fourth-order valence-corrected chi connectivity index (χ4v) is 2.10. The fraction of sp³-hybridized carbons (Fsp3) is 0.333. The topological polar surface area (TPSA) is 51.2 Å². The first-order valence-electron chi connectivity index (χ1n) is 5.08. The van der Waals surface area contributed by atoms with Crippen molar-refractivity contribution in [3.8, 4) is 0 Å². The normalized spacial score (nSPS) is 13.3. The van der Waals surface area contributed by atoms with Crippen molar-refractivity contribution in [2.24, 2.45) is 12.8 Å². The summed E-state index contributed by atoms with van der Waals surface area (Å²) in [6.07, 6.45) is 1.38. The Morgan fingerprint density at radius 3 is 2.87 bits per heavy atom. The van der Waals surface area contributed by atoms with Gasteiger partial charge in [0.05, 0.1) is 11.6 Å². The molecule has 0 fully saturated rings. The maximum absolute atomic E-state index is 9.79. The van der Waals surface area contributed by atoms with Crippen molar-refractivity contribution in [2.45, 2.75) is 13.0 Å². The van der Waals surface area contributed by atoms with Crippen LogP contribution in [0.25, 0.3) is 10.9 Å². The standard InChI is InChI=1S/C12H16N2O/c1-8-4-3-5-9-10(11(15)6-13)7-14(2)12(8)9/h3-5,7,11,15H,6,13H2,1-2H3. The third kappa shape index (κ3) is 1.54. The monoisotopic (exact) mass is 204 g/mol. The molecule has 0 amide bonds. The summed E-state index contributed by atoms with van der Waals surface area (Å²) in [4.78, 5) is 0. The summed E-state index contributed by atoms with van der Waals surface area (Å²) in [6.45, 7) is 2.33. The molecule has 15 heavy (non-hydrogen) atoms. The van der Waals surface area contributed by atoms with E-state index in [9.17, 15) is 5.11 Å². The van der Waals surface area contributed by atoms with E-state index in [0.29, 0.717) is 0 Å². The lowest BCUT2D eigenvalue weighted by Crippen LogP contribution is -2.10. The van der Waals surface area contributed by atoms with Crippen molar-refractivity contribution in [1.29, 1.82) is 0 Å². The second-order valence-electron chi connectivity index (χ2n) is 3.92. The average Bonchev–Trinajstić information content (AvgIpc) is 2.56. The molecule has 2 aromatic rings. The highest BCUT2D eigenvalue weighted by Gasteiger charge is 2.13. The Bertz CT molecular complexity index is 488. The van der Waals surface area contributed by atoms with Crippen molar-refractivity contribution < 1.29 is 5.11 Å². The van der Waals surface area contributed by atoms with Gasteiger partial charge in [-0.1, -0.05) is 18.2 Å². The van der Waals surface area contributed by atoms with E-state index in [1.165, 1.54) is 11.1 Å². The van der Waals surface area contributed by atoms with Crippen LogP contribution in [0, 0.1) is 6.92 Å². The molecule has 1 atom stereocenters. The van der Waals surface area contributed by atoms with Gasteiger partial charge in [0.2, 0.25) is 0 Å². The summed E-state index contributed by atoms with van der Waals surface area (Å²) in [5.41, 5.74) is 8.78. The highest BCUT2D eigenvalue weighted by molar-refractivity contribution is 5.87. The van der Waals surface area contributed by atoms with Crippen LogP contribution in [-0.2, 0) is 7.05 Å². The number of hydrogen-bond donors (Lipinski definition) is 2. The molecule has 0 aliphatic carbocycles. The number of nitrogens with two attached hydrogens (primary N) is 1. The Morgan fingerprint density at radius 2 is 2.20 bits per heavy atom. The van der Waals surface area contributed by atoms with Gasteiger partial charge in [-0.15, -0.1) is 0 Å². The van der Waals surface area contributed by atoms with Gasteiger partial charge < -0.3 is 15.4 Å². The average molecular weight is 204 g/mol. The molecule has 1 heterocycles. The Labute approximate surface area is 89.1 Å². The number of aromatic nitrogens is 1. The third-order valence-electron chi connectivity index (χ3n) is 2.82. The number of fused-ring (bicyclic) bond motifs is 1. The van der Waals surface area contributed by atoms with Crippen LogP contribution in [-0.4, -0.2) is 16.2 Å². The lowest BCUT2D eigenvalue weighted by atomic mass is 10.1. The Morgan fingerprint density at radius 1 is 1.47 bits per heavy atom. The van der Waals surface area contributed by atoms with Crippen LogP contribution in [0.3, 0.4) is 0 Å². The molecule has 3 nitrogen and oxygen atoms in total. The Kier molecular flexibility index (Phi) is 2.50. The van der Waals surface area contributed by atoms with Crippen molar-refractivity contribution in [3.63, 3.8) is 0 Å². The second-order valence-corrected chi connectivity index (χ2v) is 3.92. The molecule has 0 saturated carbocycles. The first-order valence-corrected chi connectivity index (χ1v) is 5.08. The zero-order valence-corrected chi connectivity index (χ0v) is 9.07. The first kappa shape index (κ1) is 10.2. The molecular weight excluding hydrogens is 188 g/mol. The molecule has 0 spiro atoms. The predicted octanol–water partition coefficient (Wildman–Crippen LogP) is 1.48. The lowest BCUT2D eigenvalue weighted by Gasteiger charge is -2.05. The predicted molar refractivity (Wildman–Crippen MR) is 61.7 cm³/mol. The molecule has 3 heteroatoms. The van der Waals surface area contributed by atoms with Crippen LogP contribution in [0.2, 0.25) is 0 Å². The van der Waals surface area contributed by atoms with Crippen molar-refractivity contribution in [3.05, 3.63) is 35.5 Å². The number of hydrogen-bond acceptors (Lipinski definition) is 2. The van der Waals surface area contributed by atoms with Gasteiger partial charge in [-0.05, 0) is 12.5 Å². The Hall–Kier alpha value is -1.32. The number of nitrogens with zero attached hydrogens (tertiary/aromatic N) is 1. The largest absolute Gasteiger partial charge is 0.387 e. The molecule has 0 aliphatic rings. The minimum absolute atomic E-state index is 0.257. The van der Waals surface area contributed by atoms with Crippen LogP contribution in [0.15, 0.2) is 24.4 Å². The first-order chi connectivity index (χ1) is 7.15. The van der Waals surface area contributed by atoms with E-state index in [1.54, 1.807) is 0 Å². The van der Waals surface area contributed by atoms with Gasteiger partial charge >= 0.3 is 0 Å². The molecule has 0 aliphatic heterocycles. The summed E-state index contributed by atoms with van der Waals surface area (Å²) in [5, 5.41) is 10.9. The van der Waals surface area contributed by atoms with Gasteiger partial charge in [-0.3, -0.25) is 0 Å². The maximum Gasteiger partial charge on any atom is 0.0932 e. The van der Waals surface area contributed by atoms with Gasteiger partial charge in [0.15, 0.2) is 0 Å². The van der Waals surface area contributed by atoms with Gasteiger partial charge in [0, 0.05) is 30.7 Å². The van der Waals surface area contributed by atoms with Crippen LogP contribution >= 0.6 is 0 Å². The van der Waals surface area contributed by atoms with Crippen molar-refractivity contribution in [2.75, 3.05) is 6.54 Å². The lowest BCUT2D eigenvalue weighted by molar-refractivity contribution is 0.188. The molecule has 0 saturated heterocycles. The maximum atomic E-state index is 9.79. The minimum atomic E-state index is -0.574. The minimum Gasteiger partial charge on any atom is -0.387 e. The summed E-state index contributed by atoms with van der Waals surface area (Å²) in [5.74, 6) is 0. The van der Waals surface area contributed by atoms with Gasteiger partial charge in [0.25, 0.3) is 0 Å². The zero-order chi connectivity index (χ0) is 11.0. The van der Waals surface area contributed by atoms with Crippen LogP contribution in [0.1, 0.15) is 17.2 Å². The molecule has 0 radical (unpaired) electrons. The van der Waals surface area contributed by atoms with E-state index >= 15 is 0 Å². The smallest absolute Gasteiger partial charge is 0.0932 e. The third-order valence-corrected chi connectivity index (χ3v) is 2.82. The second kappa shape index (κ2) is 3.68. The number of aliphatic hydroxyl groups excluding tert-OH is 1. The molecule has 2 rings (SSSR count). The Balaban J connectivity index is 2.73. The molecule has 1 aromatic heterocycles. The zero-order valence-electron chi connectivity index (χ0n) is 9.07. The van der Waals surface area contributed by atoms with Gasteiger partial charge in [0.1, 0.15) is 0 Å². The highest BCUT2D eigenvalue weighted by atomic mass is 16.3. The van der Waals surface area contributed by atoms with Crippen LogP contribution < -0.4 is 5.73 Å².